The van der Waals surface area contributed by atoms with Crippen molar-refractivity contribution >= 4 is 6.21 Å². The average Bonchev–Trinajstić information content (AvgIpc) is 2.46. The maximum Gasteiger partial charge on any atom is 0.0795 e. The van der Waals surface area contributed by atoms with Gasteiger partial charge < -0.3 is 5.41 Å². The molecular formula is C18H22N2. The van der Waals surface area contributed by atoms with Gasteiger partial charge in [-0.05, 0) is 35.1 Å². The lowest BCUT2D eigenvalue weighted by Crippen LogP contribution is -2.03. The topological polar surface area (TPSA) is 36.7 Å². The zero-order valence-corrected chi connectivity index (χ0v) is 12.6. The van der Waals surface area contributed by atoms with E-state index in [1.807, 2.05) is 18.3 Å². The fraction of sp³-hybridized carbons (Fsp3) is 0.333. The summed E-state index contributed by atoms with van der Waals surface area (Å²) in [6.07, 6.45) is 3.20. The first-order valence-corrected chi connectivity index (χ1v) is 7.15. The third kappa shape index (κ3) is 2.64. The lowest BCUT2D eigenvalue weighted by atomic mass is 9.86. The van der Waals surface area contributed by atoms with Gasteiger partial charge in [0.05, 0.1) is 5.69 Å². The van der Waals surface area contributed by atoms with Gasteiger partial charge in [-0.25, -0.2) is 0 Å². The summed E-state index contributed by atoms with van der Waals surface area (Å²) in [5.41, 5.74) is 5.62. The molecule has 2 nitrogen and oxygen atoms in total. The van der Waals surface area contributed by atoms with Crippen molar-refractivity contribution < 1.29 is 0 Å². The van der Waals surface area contributed by atoms with E-state index >= 15 is 0 Å². The largest absolute Gasteiger partial charge is 0.308 e. The number of pyridine rings is 1. The molecule has 0 radical (unpaired) electrons. The number of hydrogen-bond acceptors (Lipinski definition) is 2. The number of nitrogens with one attached hydrogen (secondary N) is 1. The fourth-order valence-electron chi connectivity index (χ4n) is 2.57. The van der Waals surface area contributed by atoms with Gasteiger partial charge in [-0.1, -0.05) is 45.9 Å². The van der Waals surface area contributed by atoms with E-state index in [4.69, 9.17) is 5.41 Å². The van der Waals surface area contributed by atoms with Crippen molar-refractivity contribution in [3.63, 3.8) is 0 Å². The molecule has 0 spiro atoms. The SMILES string of the molecule is CC(C)c1cccc(C(C)C)c1-c1ncccc1C=N. The highest BCUT2D eigenvalue weighted by Crippen LogP contribution is 2.36. The van der Waals surface area contributed by atoms with Crippen LogP contribution in [0.1, 0.15) is 56.2 Å². The number of benzene rings is 1. The minimum absolute atomic E-state index is 0.435. The van der Waals surface area contributed by atoms with E-state index in [-0.39, 0.29) is 0 Å². The van der Waals surface area contributed by atoms with Gasteiger partial charge in [-0.2, -0.15) is 0 Å². The van der Waals surface area contributed by atoms with Gasteiger partial charge >= 0.3 is 0 Å². The maximum absolute atomic E-state index is 7.62. The van der Waals surface area contributed by atoms with E-state index in [1.54, 1.807) is 0 Å². The molecule has 1 aromatic carbocycles. The van der Waals surface area contributed by atoms with Gasteiger partial charge in [0.25, 0.3) is 0 Å². The molecule has 0 unspecified atom stereocenters. The Balaban J connectivity index is 2.79. The number of nitrogens with zero attached hydrogens (tertiary/aromatic N) is 1. The van der Waals surface area contributed by atoms with Gasteiger partial charge in [0, 0.05) is 23.5 Å². The first-order chi connectivity index (χ1) is 9.56. The molecule has 1 aromatic heterocycles. The smallest absolute Gasteiger partial charge is 0.0795 e. The molecule has 0 aliphatic heterocycles. The van der Waals surface area contributed by atoms with Crippen molar-refractivity contribution in [2.45, 2.75) is 39.5 Å². The summed E-state index contributed by atoms with van der Waals surface area (Å²) < 4.78 is 0. The van der Waals surface area contributed by atoms with Crippen LogP contribution in [0, 0.1) is 5.41 Å². The minimum Gasteiger partial charge on any atom is -0.308 e. The van der Waals surface area contributed by atoms with E-state index in [9.17, 15) is 0 Å². The maximum atomic E-state index is 7.62. The quantitative estimate of drug-likeness (QED) is 0.777. The molecule has 0 fully saturated rings. The van der Waals surface area contributed by atoms with Crippen LogP contribution in [-0.4, -0.2) is 11.2 Å². The van der Waals surface area contributed by atoms with E-state index in [0.29, 0.717) is 11.8 Å². The summed E-state index contributed by atoms with van der Waals surface area (Å²) >= 11 is 0. The molecule has 20 heavy (non-hydrogen) atoms. The molecule has 0 amide bonds. The van der Waals surface area contributed by atoms with E-state index in [0.717, 1.165) is 11.3 Å². The third-order valence-corrected chi connectivity index (χ3v) is 3.60. The van der Waals surface area contributed by atoms with Gasteiger partial charge in [0.1, 0.15) is 0 Å². The molecule has 2 heteroatoms. The standard InChI is InChI=1S/C18H22N2/c1-12(2)15-8-5-9-16(13(3)4)17(15)18-14(11-19)7-6-10-20-18/h5-13,19H,1-4H3. The van der Waals surface area contributed by atoms with Gasteiger partial charge in [-0.15, -0.1) is 0 Å². The Morgan fingerprint density at radius 2 is 1.55 bits per heavy atom. The van der Waals surface area contributed by atoms with Gasteiger partial charge in [0.2, 0.25) is 0 Å². The second-order valence-electron chi connectivity index (χ2n) is 5.71. The average molecular weight is 266 g/mol. The van der Waals surface area contributed by atoms with Crippen LogP contribution >= 0.6 is 0 Å². The zero-order chi connectivity index (χ0) is 14.7. The van der Waals surface area contributed by atoms with Crippen molar-refractivity contribution in [1.82, 2.24) is 4.98 Å². The molecule has 2 rings (SSSR count). The Morgan fingerprint density at radius 1 is 0.950 bits per heavy atom. The summed E-state index contributed by atoms with van der Waals surface area (Å²) in [6.45, 7) is 8.82. The van der Waals surface area contributed by atoms with Crippen LogP contribution in [0.25, 0.3) is 11.3 Å². The summed E-state index contributed by atoms with van der Waals surface area (Å²) in [5, 5.41) is 7.62. The first-order valence-electron chi connectivity index (χ1n) is 7.15. The van der Waals surface area contributed by atoms with Crippen molar-refractivity contribution in [3.8, 4) is 11.3 Å². The molecule has 0 saturated heterocycles. The highest BCUT2D eigenvalue weighted by Gasteiger charge is 2.17. The highest BCUT2D eigenvalue weighted by molar-refractivity contribution is 5.88. The Morgan fingerprint density at radius 3 is 2.05 bits per heavy atom. The minimum atomic E-state index is 0.435. The Bertz CT molecular complexity index is 586. The summed E-state index contributed by atoms with van der Waals surface area (Å²) in [5.74, 6) is 0.869. The number of hydrogen-bond donors (Lipinski definition) is 1. The number of aromatic nitrogens is 1. The van der Waals surface area contributed by atoms with Crippen LogP contribution in [0.3, 0.4) is 0 Å². The molecule has 0 aliphatic carbocycles. The van der Waals surface area contributed by atoms with E-state index in [2.05, 4.69) is 50.9 Å². The van der Waals surface area contributed by atoms with Crippen molar-refractivity contribution in [3.05, 3.63) is 53.2 Å². The molecule has 1 N–H and O–H groups in total. The van der Waals surface area contributed by atoms with Crippen LogP contribution in [0.15, 0.2) is 36.5 Å². The van der Waals surface area contributed by atoms with Crippen LogP contribution in [0.2, 0.25) is 0 Å². The molecule has 104 valence electrons. The Hall–Kier alpha value is -1.96. The molecular weight excluding hydrogens is 244 g/mol. The predicted molar refractivity (Wildman–Crippen MR) is 85.7 cm³/mol. The number of rotatable bonds is 4. The van der Waals surface area contributed by atoms with Gasteiger partial charge in [-0.3, -0.25) is 4.98 Å². The van der Waals surface area contributed by atoms with E-state index in [1.165, 1.54) is 22.9 Å². The van der Waals surface area contributed by atoms with Crippen molar-refractivity contribution in [2.24, 2.45) is 0 Å². The highest BCUT2D eigenvalue weighted by atomic mass is 14.7. The summed E-state index contributed by atoms with van der Waals surface area (Å²) in [7, 11) is 0. The summed E-state index contributed by atoms with van der Waals surface area (Å²) in [6, 6.07) is 10.3. The third-order valence-electron chi connectivity index (χ3n) is 3.60. The lowest BCUT2D eigenvalue weighted by Gasteiger charge is -2.20. The van der Waals surface area contributed by atoms with Crippen LogP contribution in [0.5, 0.6) is 0 Å². The van der Waals surface area contributed by atoms with Crippen molar-refractivity contribution in [2.75, 3.05) is 0 Å². The van der Waals surface area contributed by atoms with Crippen LogP contribution in [0.4, 0.5) is 0 Å². The molecule has 0 aliphatic rings. The molecule has 0 saturated carbocycles. The first kappa shape index (κ1) is 14.4. The van der Waals surface area contributed by atoms with E-state index < -0.39 is 0 Å². The zero-order valence-electron chi connectivity index (χ0n) is 12.6. The monoisotopic (exact) mass is 266 g/mol. The van der Waals surface area contributed by atoms with Crippen molar-refractivity contribution in [1.29, 1.82) is 5.41 Å². The second-order valence-corrected chi connectivity index (χ2v) is 5.71. The van der Waals surface area contributed by atoms with Gasteiger partial charge in [0.15, 0.2) is 0 Å². The normalized spacial score (nSPS) is 11.1. The fourth-order valence-corrected chi connectivity index (χ4v) is 2.57. The predicted octanol–water partition coefficient (Wildman–Crippen LogP) is 4.99. The lowest BCUT2D eigenvalue weighted by molar-refractivity contribution is 0.836. The molecule has 2 aromatic rings. The molecule has 1 heterocycles. The van der Waals surface area contributed by atoms with Crippen LogP contribution < -0.4 is 0 Å². The van der Waals surface area contributed by atoms with Crippen LogP contribution in [-0.2, 0) is 0 Å². The second kappa shape index (κ2) is 6.00. The summed E-state index contributed by atoms with van der Waals surface area (Å²) in [4.78, 5) is 4.55. The molecule has 0 bridgehead atoms. The Labute approximate surface area is 121 Å². The molecule has 0 atom stereocenters. The Kier molecular flexibility index (Phi) is 4.33.